The SMILES string of the molecule is C=C[C@@H]1C(C(C)(C)O)CC[C@]1(C)O. The van der Waals surface area contributed by atoms with Crippen molar-refractivity contribution in [1.29, 1.82) is 0 Å². The van der Waals surface area contributed by atoms with Crippen LogP contribution in [0.5, 0.6) is 0 Å². The van der Waals surface area contributed by atoms with Crippen molar-refractivity contribution in [2.45, 2.75) is 44.8 Å². The lowest BCUT2D eigenvalue weighted by molar-refractivity contribution is -0.0293. The molecule has 1 saturated carbocycles. The molecule has 1 aliphatic carbocycles. The first-order chi connectivity index (χ1) is 5.79. The van der Waals surface area contributed by atoms with E-state index in [0.29, 0.717) is 0 Å². The van der Waals surface area contributed by atoms with E-state index in [1.165, 1.54) is 0 Å². The summed E-state index contributed by atoms with van der Waals surface area (Å²) < 4.78 is 0. The van der Waals surface area contributed by atoms with Gasteiger partial charge in [-0.1, -0.05) is 6.08 Å². The van der Waals surface area contributed by atoms with E-state index in [-0.39, 0.29) is 11.8 Å². The Bertz CT molecular complexity index is 201. The lowest BCUT2D eigenvalue weighted by Crippen LogP contribution is -2.39. The zero-order valence-corrected chi connectivity index (χ0v) is 8.75. The number of aliphatic hydroxyl groups is 2. The Morgan fingerprint density at radius 3 is 2.38 bits per heavy atom. The molecular formula is C11H20O2. The van der Waals surface area contributed by atoms with Crippen LogP contribution in [0, 0.1) is 11.8 Å². The minimum atomic E-state index is -0.723. The summed E-state index contributed by atoms with van der Waals surface area (Å²) in [4.78, 5) is 0. The Hall–Kier alpha value is -0.340. The summed E-state index contributed by atoms with van der Waals surface area (Å²) in [5, 5.41) is 19.9. The highest BCUT2D eigenvalue weighted by molar-refractivity contribution is 5.06. The molecule has 2 nitrogen and oxygen atoms in total. The highest BCUT2D eigenvalue weighted by atomic mass is 16.3. The molecule has 0 aliphatic heterocycles. The van der Waals surface area contributed by atoms with Gasteiger partial charge >= 0.3 is 0 Å². The van der Waals surface area contributed by atoms with Crippen LogP contribution in [0.15, 0.2) is 12.7 Å². The molecule has 0 radical (unpaired) electrons. The Morgan fingerprint density at radius 1 is 1.54 bits per heavy atom. The van der Waals surface area contributed by atoms with Gasteiger partial charge in [0, 0.05) is 5.92 Å². The largest absolute Gasteiger partial charge is 0.390 e. The third-order valence-corrected chi connectivity index (χ3v) is 3.27. The molecule has 1 unspecified atom stereocenters. The number of rotatable bonds is 2. The fourth-order valence-corrected chi connectivity index (χ4v) is 2.44. The monoisotopic (exact) mass is 184 g/mol. The van der Waals surface area contributed by atoms with Gasteiger partial charge in [0.05, 0.1) is 11.2 Å². The van der Waals surface area contributed by atoms with Gasteiger partial charge in [0.25, 0.3) is 0 Å². The molecule has 0 aromatic carbocycles. The normalized spacial score (nSPS) is 40.7. The van der Waals surface area contributed by atoms with E-state index < -0.39 is 11.2 Å². The van der Waals surface area contributed by atoms with E-state index in [1.54, 1.807) is 19.9 Å². The van der Waals surface area contributed by atoms with Crippen LogP contribution in [-0.2, 0) is 0 Å². The molecule has 0 heterocycles. The molecule has 0 amide bonds. The van der Waals surface area contributed by atoms with Gasteiger partial charge in [-0.2, -0.15) is 0 Å². The van der Waals surface area contributed by atoms with Gasteiger partial charge in [0.15, 0.2) is 0 Å². The third-order valence-electron chi connectivity index (χ3n) is 3.27. The van der Waals surface area contributed by atoms with Crippen molar-refractivity contribution in [2.24, 2.45) is 11.8 Å². The Labute approximate surface area is 80.3 Å². The first-order valence-electron chi connectivity index (χ1n) is 4.86. The zero-order chi connectivity index (χ0) is 10.3. The maximum atomic E-state index is 10.0. The molecule has 0 bridgehead atoms. The van der Waals surface area contributed by atoms with Gasteiger partial charge in [0.1, 0.15) is 0 Å². The predicted octanol–water partition coefficient (Wildman–Crippen LogP) is 1.72. The van der Waals surface area contributed by atoms with Crippen LogP contribution < -0.4 is 0 Å². The minimum Gasteiger partial charge on any atom is -0.390 e. The Balaban J connectivity index is 2.87. The minimum absolute atomic E-state index is 0.00694. The molecule has 76 valence electrons. The number of hydrogen-bond donors (Lipinski definition) is 2. The fourth-order valence-electron chi connectivity index (χ4n) is 2.44. The second kappa shape index (κ2) is 3.10. The van der Waals surface area contributed by atoms with Crippen molar-refractivity contribution in [3.05, 3.63) is 12.7 Å². The molecule has 0 saturated heterocycles. The summed E-state index contributed by atoms with van der Waals surface area (Å²) in [5.74, 6) is 0.132. The average molecular weight is 184 g/mol. The van der Waals surface area contributed by atoms with Crippen LogP contribution in [0.4, 0.5) is 0 Å². The van der Waals surface area contributed by atoms with E-state index in [0.717, 1.165) is 12.8 Å². The van der Waals surface area contributed by atoms with Gasteiger partial charge < -0.3 is 10.2 Å². The summed E-state index contributed by atoms with van der Waals surface area (Å²) in [6.45, 7) is 9.16. The summed E-state index contributed by atoms with van der Waals surface area (Å²) in [6, 6.07) is 0. The van der Waals surface area contributed by atoms with Crippen LogP contribution in [0.2, 0.25) is 0 Å². The number of hydrogen-bond acceptors (Lipinski definition) is 2. The first kappa shape index (κ1) is 10.7. The molecule has 13 heavy (non-hydrogen) atoms. The predicted molar refractivity (Wildman–Crippen MR) is 53.3 cm³/mol. The molecule has 0 spiro atoms. The third kappa shape index (κ3) is 1.94. The van der Waals surface area contributed by atoms with E-state index in [4.69, 9.17) is 0 Å². The van der Waals surface area contributed by atoms with E-state index >= 15 is 0 Å². The molecule has 3 atom stereocenters. The van der Waals surface area contributed by atoms with Crippen molar-refractivity contribution >= 4 is 0 Å². The summed E-state index contributed by atoms with van der Waals surface area (Å²) in [5.41, 5.74) is -1.41. The zero-order valence-electron chi connectivity index (χ0n) is 8.75. The summed E-state index contributed by atoms with van der Waals surface area (Å²) in [6.07, 6.45) is 3.39. The molecule has 2 N–H and O–H groups in total. The highest BCUT2D eigenvalue weighted by Crippen LogP contribution is 2.45. The van der Waals surface area contributed by atoms with Crippen LogP contribution >= 0.6 is 0 Å². The highest BCUT2D eigenvalue weighted by Gasteiger charge is 2.47. The first-order valence-corrected chi connectivity index (χ1v) is 4.86. The van der Waals surface area contributed by atoms with E-state index in [1.807, 2.05) is 6.92 Å². The van der Waals surface area contributed by atoms with Crippen molar-refractivity contribution in [3.63, 3.8) is 0 Å². The van der Waals surface area contributed by atoms with Crippen LogP contribution in [0.1, 0.15) is 33.6 Å². The van der Waals surface area contributed by atoms with Gasteiger partial charge in [-0.05, 0) is 39.5 Å². The maximum Gasteiger partial charge on any atom is 0.0685 e. The maximum absolute atomic E-state index is 10.0. The quantitative estimate of drug-likeness (QED) is 0.641. The standard InChI is InChI=1S/C11H20O2/c1-5-8-9(10(2,3)12)6-7-11(8,4)13/h5,8-9,12-13H,1,6-7H2,2-4H3/t8-,9?,11+/m1/s1. The Morgan fingerprint density at radius 2 is 2.08 bits per heavy atom. The molecular weight excluding hydrogens is 164 g/mol. The smallest absolute Gasteiger partial charge is 0.0685 e. The van der Waals surface area contributed by atoms with E-state index in [2.05, 4.69) is 6.58 Å². The van der Waals surface area contributed by atoms with Gasteiger partial charge in [-0.25, -0.2) is 0 Å². The van der Waals surface area contributed by atoms with Crippen LogP contribution in [-0.4, -0.2) is 21.4 Å². The van der Waals surface area contributed by atoms with Crippen LogP contribution in [0.3, 0.4) is 0 Å². The van der Waals surface area contributed by atoms with Crippen molar-refractivity contribution in [3.8, 4) is 0 Å². The van der Waals surface area contributed by atoms with Crippen molar-refractivity contribution in [1.82, 2.24) is 0 Å². The average Bonchev–Trinajstić information content (AvgIpc) is 2.23. The van der Waals surface area contributed by atoms with E-state index in [9.17, 15) is 10.2 Å². The van der Waals surface area contributed by atoms with Crippen molar-refractivity contribution < 1.29 is 10.2 Å². The molecule has 1 aliphatic rings. The fraction of sp³-hybridized carbons (Fsp3) is 0.818. The van der Waals surface area contributed by atoms with Gasteiger partial charge in [0.2, 0.25) is 0 Å². The molecule has 1 fully saturated rings. The topological polar surface area (TPSA) is 40.5 Å². The summed E-state index contributed by atoms with van der Waals surface area (Å²) >= 11 is 0. The molecule has 0 aromatic heterocycles. The summed E-state index contributed by atoms with van der Waals surface area (Å²) in [7, 11) is 0. The lowest BCUT2D eigenvalue weighted by atomic mass is 9.79. The second-order valence-electron chi connectivity index (χ2n) is 4.92. The van der Waals surface area contributed by atoms with Gasteiger partial charge in [-0.3, -0.25) is 0 Å². The molecule has 0 aromatic rings. The Kier molecular flexibility index (Phi) is 2.56. The van der Waals surface area contributed by atoms with Crippen molar-refractivity contribution in [2.75, 3.05) is 0 Å². The molecule has 1 rings (SSSR count). The van der Waals surface area contributed by atoms with Gasteiger partial charge in [-0.15, -0.1) is 6.58 Å². The second-order valence-corrected chi connectivity index (χ2v) is 4.92. The lowest BCUT2D eigenvalue weighted by Gasteiger charge is -2.33. The van der Waals surface area contributed by atoms with Crippen LogP contribution in [0.25, 0.3) is 0 Å². The molecule has 2 heteroatoms.